The summed E-state index contributed by atoms with van der Waals surface area (Å²) in [6.07, 6.45) is 5.75. The summed E-state index contributed by atoms with van der Waals surface area (Å²) in [6, 6.07) is 13.9. The third-order valence-corrected chi connectivity index (χ3v) is 6.65. The number of aryl methyl sites for hydroxylation is 1. The minimum absolute atomic E-state index is 0.100. The van der Waals surface area contributed by atoms with E-state index in [0.29, 0.717) is 18.5 Å². The Hall–Kier alpha value is -2.60. The molecule has 6 heteroatoms. The van der Waals surface area contributed by atoms with Crippen LogP contribution in [0.1, 0.15) is 30.5 Å². The minimum Gasteiger partial charge on any atom is -0.377 e. The molecule has 0 aliphatic carbocycles. The zero-order valence-corrected chi connectivity index (χ0v) is 17.6. The number of ether oxygens (including phenoxy) is 1. The molecule has 1 aromatic carbocycles. The zero-order valence-electron chi connectivity index (χ0n) is 17.6. The molecule has 1 N–H and O–H groups in total. The highest BCUT2D eigenvalue weighted by atomic mass is 16.5. The summed E-state index contributed by atoms with van der Waals surface area (Å²) >= 11 is 0. The van der Waals surface area contributed by atoms with Crippen LogP contribution in [0, 0.1) is 6.92 Å². The second kappa shape index (κ2) is 8.26. The molecular weight excluding hydrogens is 376 g/mol. The molecular formula is C24H30N4O2. The summed E-state index contributed by atoms with van der Waals surface area (Å²) in [4.78, 5) is 21.8. The van der Waals surface area contributed by atoms with E-state index in [1.54, 1.807) is 0 Å². The van der Waals surface area contributed by atoms with Crippen LogP contribution >= 0.6 is 0 Å². The molecule has 2 bridgehead atoms. The Labute approximate surface area is 178 Å². The molecule has 3 aliphatic rings. The van der Waals surface area contributed by atoms with Gasteiger partial charge in [-0.25, -0.2) is 0 Å². The quantitative estimate of drug-likeness (QED) is 0.827. The van der Waals surface area contributed by atoms with Crippen LogP contribution in [-0.4, -0.2) is 55.3 Å². The monoisotopic (exact) mass is 406 g/mol. The van der Waals surface area contributed by atoms with Gasteiger partial charge in [-0.15, -0.1) is 0 Å². The number of rotatable bonds is 5. The highest BCUT2D eigenvalue weighted by molar-refractivity contribution is 5.79. The average Bonchev–Trinajstić information content (AvgIpc) is 3.30. The predicted molar refractivity (Wildman–Crippen MR) is 118 cm³/mol. The summed E-state index contributed by atoms with van der Waals surface area (Å²) in [7, 11) is 0. The number of nitrogens with one attached hydrogen (secondary N) is 1. The number of hydrogen-bond donors (Lipinski definition) is 1. The maximum Gasteiger partial charge on any atom is 0.224 e. The van der Waals surface area contributed by atoms with Gasteiger partial charge in [0, 0.05) is 30.5 Å². The number of nitrogens with zero attached hydrogens (tertiary/aromatic N) is 3. The summed E-state index contributed by atoms with van der Waals surface area (Å²) < 4.78 is 5.69. The van der Waals surface area contributed by atoms with Gasteiger partial charge >= 0.3 is 0 Å². The summed E-state index contributed by atoms with van der Waals surface area (Å²) in [5.74, 6) is 0.100. The molecule has 158 valence electrons. The first-order chi connectivity index (χ1) is 14.7. The number of carbonyl (C=O) groups excluding carboxylic acids is 1. The Morgan fingerprint density at radius 2 is 1.80 bits per heavy atom. The van der Waals surface area contributed by atoms with Crippen molar-refractivity contribution in [3.8, 4) is 0 Å². The fourth-order valence-electron chi connectivity index (χ4n) is 5.06. The lowest BCUT2D eigenvalue weighted by Gasteiger charge is -2.36. The van der Waals surface area contributed by atoms with Crippen molar-refractivity contribution in [1.29, 1.82) is 0 Å². The fraction of sp³-hybridized carbons (Fsp3) is 0.500. The van der Waals surface area contributed by atoms with Crippen molar-refractivity contribution in [2.24, 2.45) is 0 Å². The van der Waals surface area contributed by atoms with E-state index in [0.717, 1.165) is 49.7 Å². The van der Waals surface area contributed by atoms with Crippen LogP contribution in [0.5, 0.6) is 0 Å². The molecule has 4 heterocycles. The van der Waals surface area contributed by atoms with Gasteiger partial charge in [0.15, 0.2) is 0 Å². The van der Waals surface area contributed by atoms with E-state index in [1.807, 2.05) is 19.2 Å². The van der Waals surface area contributed by atoms with Gasteiger partial charge in [-0.1, -0.05) is 12.1 Å². The maximum absolute atomic E-state index is 12.6. The molecule has 2 unspecified atom stereocenters. The van der Waals surface area contributed by atoms with E-state index in [-0.39, 0.29) is 11.9 Å². The van der Waals surface area contributed by atoms with Gasteiger partial charge < -0.3 is 19.9 Å². The largest absolute Gasteiger partial charge is 0.377 e. The van der Waals surface area contributed by atoms with Crippen molar-refractivity contribution in [1.82, 2.24) is 10.3 Å². The molecule has 1 aromatic heterocycles. The number of fused-ring (bicyclic) bond motifs is 2. The SMILES string of the molecule is Cc1ccc(N2CC[C@@H](NC(=O)Cc3ccc(N4C5CCC4COC5)cc3)C2)cn1. The number of aromatic nitrogens is 1. The lowest BCUT2D eigenvalue weighted by molar-refractivity contribution is -0.121. The lowest BCUT2D eigenvalue weighted by atomic mass is 10.1. The first kappa shape index (κ1) is 19.4. The molecule has 3 fully saturated rings. The van der Waals surface area contributed by atoms with Gasteiger partial charge in [0.1, 0.15) is 0 Å². The Kier molecular flexibility index (Phi) is 5.34. The Bertz CT molecular complexity index is 867. The third kappa shape index (κ3) is 4.01. The van der Waals surface area contributed by atoms with Crippen LogP contribution in [0.3, 0.4) is 0 Å². The maximum atomic E-state index is 12.6. The van der Waals surface area contributed by atoms with Gasteiger partial charge in [-0.3, -0.25) is 9.78 Å². The van der Waals surface area contributed by atoms with Crippen molar-refractivity contribution in [3.05, 3.63) is 53.9 Å². The second-order valence-corrected chi connectivity index (χ2v) is 8.83. The number of morpholine rings is 1. The first-order valence-corrected chi connectivity index (χ1v) is 11.1. The molecule has 3 atom stereocenters. The Balaban J connectivity index is 1.14. The van der Waals surface area contributed by atoms with Gasteiger partial charge in [-0.05, 0) is 56.0 Å². The summed E-state index contributed by atoms with van der Waals surface area (Å²) in [5, 5.41) is 3.21. The smallest absolute Gasteiger partial charge is 0.224 e. The van der Waals surface area contributed by atoms with Crippen LogP contribution in [0.4, 0.5) is 11.4 Å². The molecule has 3 saturated heterocycles. The molecule has 2 aromatic rings. The number of carbonyl (C=O) groups is 1. The van der Waals surface area contributed by atoms with Crippen molar-refractivity contribution in [3.63, 3.8) is 0 Å². The van der Waals surface area contributed by atoms with E-state index in [9.17, 15) is 4.79 Å². The van der Waals surface area contributed by atoms with Crippen LogP contribution in [0.2, 0.25) is 0 Å². The molecule has 5 rings (SSSR count). The summed E-state index contributed by atoms with van der Waals surface area (Å²) in [6.45, 7) is 5.45. The molecule has 0 saturated carbocycles. The number of amides is 1. The van der Waals surface area contributed by atoms with E-state index in [4.69, 9.17) is 4.74 Å². The fourth-order valence-corrected chi connectivity index (χ4v) is 5.06. The normalized spacial score (nSPS) is 25.6. The Morgan fingerprint density at radius 3 is 2.50 bits per heavy atom. The second-order valence-electron chi connectivity index (χ2n) is 8.83. The molecule has 1 amide bonds. The lowest BCUT2D eigenvalue weighted by Crippen LogP contribution is -2.45. The van der Waals surface area contributed by atoms with Gasteiger partial charge in [0.2, 0.25) is 5.91 Å². The van der Waals surface area contributed by atoms with Crippen LogP contribution in [0.15, 0.2) is 42.6 Å². The average molecular weight is 407 g/mol. The van der Waals surface area contributed by atoms with Crippen molar-refractivity contribution >= 4 is 17.3 Å². The van der Waals surface area contributed by atoms with Crippen molar-refractivity contribution in [2.45, 2.75) is 50.7 Å². The number of pyridine rings is 1. The van der Waals surface area contributed by atoms with E-state index < -0.39 is 0 Å². The summed E-state index contributed by atoms with van der Waals surface area (Å²) in [5.41, 5.74) is 4.47. The van der Waals surface area contributed by atoms with Crippen molar-refractivity contribution in [2.75, 3.05) is 36.1 Å². The number of hydrogen-bond acceptors (Lipinski definition) is 5. The number of anilines is 2. The van der Waals surface area contributed by atoms with E-state index in [1.165, 1.54) is 18.5 Å². The van der Waals surface area contributed by atoms with Gasteiger partial charge in [-0.2, -0.15) is 0 Å². The van der Waals surface area contributed by atoms with Crippen molar-refractivity contribution < 1.29 is 9.53 Å². The first-order valence-electron chi connectivity index (χ1n) is 11.1. The van der Waals surface area contributed by atoms with Gasteiger partial charge in [0.05, 0.1) is 43.6 Å². The highest BCUT2D eigenvalue weighted by Crippen LogP contribution is 2.34. The molecule has 6 nitrogen and oxygen atoms in total. The van der Waals surface area contributed by atoms with Crippen LogP contribution in [0.25, 0.3) is 0 Å². The van der Waals surface area contributed by atoms with Crippen LogP contribution < -0.4 is 15.1 Å². The molecule has 30 heavy (non-hydrogen) atoms. The topological polar surface area (TPSA) is 57.7 Å². The molecule has 0 radical (unpaired) electrons. The molecule has 3 aliphatic heterocycles. The molecule has 0 spiro atoms. The standard InChI is InChI=1S/C24H30N4O2/c1-17-2-5-21(13-25-17)27-11-10-19(14-27)26-24(29)12-18-3-6-20(7-4-18)28-22-8-9-23(28)16-30-15-22/h2-7,13,19,22-23H,8-12,14-16H2,1H3,(H,26,29)/t19-,22?,23?/m1/s1. The predicted octanol–water partition coefficient (Wildman–Crippen LogP) is 2.70. The highest BCUT2D eigenvalue weighted by Gasteiger charge is 2.37. The minimum atomic E-state index is 0.100. The van der Waals surface area contributed by atoms with E-state index in [2.05, 4.69) is 50.4 Å². The zero-order chi connectivity index (χ0) is 20.5. The third-order valence-electron chi connectivity index (χ3n) is 6.65. The van der Waals surface area contributed by atoms with Gasteiger partial charge in [0.25, 0.3) is 0 Å². The van der Waals surface area contributed by atoms with Crippen LogP contribution in [-0.2, 0) is 16.0 Å². The Morgan fingerprint density at radius 1 is 1.07 bits per heavy atom. The van der Waals surface area contributed by atoms with E-state index >= 15 is 0 Å². The number of benzene rings is 1.